The lowest BCUT2D eigenvalue weighted by Gasteiger charge is -2.28. The fraction of sp³-hybridized carbons (Fsp3) is 0.778. The van der Waals surface area contributed by atoms with Gasteiger partial charge in [0.1, 0.15) is 19.8 Å². The molecular weight excluding hydrogens is 1040 g/mol. The summed E-state index contributed by atoms with van der Waals surface area (Å²) in [7, 11) is 1.12. The first-order valence-electron chi connectivity index (χ1n) is 34.3. The lowest BCUT2D eigenvalue weighted by Crippen LogP contribution is -2.37. The number of quaternary nitrogens is 1. The molecule has 0 radical (unpaired) electrons. The van der Waals surface area contributed by atoms with Gasteiger partial charge in [-0.25, -0.2) is 0 Å². The zero-order valence-corrected chi connectivity index (χ0v) is 55.1. The fourth-order valence-electron chi connectivity index (χ4n) is 9.68. The van der Waals surface area contributed by atoms with E-state index in [1.807, 2.05) is 33.3 Å². The van der Waals surface area contributed by atoms with Crippen LogP contribution in [0.3, 0.4) is 0 Å². The van der Waals surface area contributed by atoms with E-state index in [0.717, 1.165) is 57.8 Å². The quantitative estimate of drug-likeness (QED) is 0.0195. The van der Waals surface area contributed by atoms with Crippen LogP contribution in [0.25, 0.3) is 0 Å². The van der Waals surface area contributed by atoms with Crippen molar-refractivity contribution in [1.29, 1.82) is 0 Å². The third kappa shape index (κ3) is 66.3. The summed E-state index contributed by atoms with van der Waals surface area (Å²) < 4.78 is 34.1. The summed E-state index contributed by atoms with van der Waals surface area (Å²) in [5.41, 5.74) is 0. The SMILES string of the molecule is CC/C=C\C/C=C\C/C=C\C/C=C\C/C=C\C/C=C\CCC(=O)OC(COC(=O)CCCCCCCCCCCCCCCCCCCCCCCCCCCCC/C=C\CCCCCCCCCC)COP(=O)([O-])OCC[N+](C)(C)C. The van der Waals surface area contributed by atoms with Crippen LogP contribution >= 0.6 is 7.82 Å². The number of likely N-dealkylation sites (N-methyl/N-ethyl adjacent to an activating group) is 1. The molecule has 82 heavy (non-hydrogen) atoms. The molecule has 0 heterocycles. The second kappa shape index (κ2) is 62.7. The molecule has 0 saturated carbocycles. The van der Waals surface area contributed by atoms with E-state index in [9.17, 15) is 19.0 Å². The molecule has 0 N–H and O–H groups in total. The van der Waals surface area contributed by atoms with E-state index in [4.69, 9.17) is 18.5 Å². The number of phosphoric ester groups is 1. The zero-order chi connectivity index (χ0) is 59.8. The van der Waals surface area contributed by atoms with Crippen LogP contribution in [-0.4, -0.2) is 70.0 Å². The number of nitrogens with zero attached hydrogens (tertiary/aromatic N) is 1. The minimum absolute atomic E-state index is 0.0468. The number of allylic oxidation sites excluding steroid dienone is 14. The Morgan fingerprint density at radius 2 is 0.720 bits per heavy atom. The van der Waals surface area contributed by atoms with Crippen molar-refractivity contribution in [3.63, 3.8) is 0 Å². The third-order valence-corrected chi connectivity index (χ3v) is 15.9. The zero-order valence-electron chi connectivity index (χ0n) is 54.2. The Kier molecular flexibility index (Phi) is 60.6. The highest BCUT2D eigenvalue weighted by molar-refractivity contribution is 7.45. The van der Waals surface area contributed by atoms with Gasteiger partial charge in [0.15, 0.2) is 6.10 Å². The van der Waals surface area contributed by atoms with Crippen LogP contribution in [0.4, 0.5) is 0 Å². The smallest absolute Gasteiger partial charge is 0.306 e. The van der Waals surface area contributed by atoms with Gasteiger partial charge in [0, 0.05) is 12.8 Å². The van der Waals surface area contributed by atoms with Crippen LogP contribution in [0.2, 0.25) is 0 Å². The van der Waals surface area contributed by atoms with Crippen LogP contribution in [0.1, 0.15) is 309 Å². The normalized spacial score (nSPS) is 13.7. The van der Waals surface area contributed by atoms with Crippen molar-refractivity contribution in [2.45, 2.75) is 315 Å². The molecule has 0 aromatic heterocycles. The number of esters is 2. The number of hydrogen-bond acceptors (Lipinski definition) is 8. The fourth-order valence-corrected chi connectivity index (χ4v) is 10.4. The first-order valence-corrected chi connectivity index (χ1v) is 35.8. The van der Waals surface area contributed by atoms with Crippen LogP contribution in [-0.2, 0) is 32.7 Å². The molecule has 0 aliphatic heterocycles. The molecule has 0 amide bonds. The van der Waals surface area contributed by atoms with Gasteiger partial charge in [-0.1, -0.05) is 304 Å². The molecular formula is C72H130NO8P. The van der Waals surface area contributed by atoms with Crippen molar-refractivity contribution in [3.05, 3.63) is 85.1 Å². The maximum atomic E-state index is 12.8. The number of carbonyl (C=O) groups is 2. The number of phosphoric acid groups is 1. The van der Waals surface area contributed by atoms with Crippen molar-refractivity contribution in [1.82, 2.24) is 0 Å². The lowest BCUT2D eigenvalue weighted by atomic mass is 10.0. The van der Waals surface area contributed by atoms with E-state index in [2.05, 4.69) is 86.8 Å². The molecule has 476 valence electrons. The molecule has 2 atom stereocenters. The first kappa shape index (κ1) is 79.2. The van der Waals surface area contributed by atoms with E-state index in [0.29, 0.717) is 17.4 Å². The Morgan fingerprint density at radius 3 is 1.09 bits per heavy atom. The summed E-state index contributed by atoms with van der Waals surface area (Å²) in [4.78, 5) is 37.9. The Hall–Kier alpha value is -2.81. The van der Waals surface area contributed by atoms with Gasteiger partial charge in [-0.05, 0) is 77.0 Å². The highest BCUT2D eigenvalue weighted by Crippen LogP contribution is 2.38. The summed E-state index contributed by atoms with van der Waals surface area (Å²) in [6, 6.07) is 0. The molecule has 0 rings (SSSR count). The van der Waals surface area contributed by atoms with E-state index in [1.54, 1.807) is 0 Å². The van der Waals surface area contributed by atoms with Crippen molar-refractivity contribution in [2.75, 3.05) is 47.5 Å². The number of carbonyl (C=O) groups excluding carboxylic acids is 2. The van der Waals surface area contributed by atoms with E-state index < -0.39 is 32.5 Å². The highest BCUT2D eigenvalue weighted by Gasteiger charge is 2.21. The molecule has 0 aromatic rings. The first-order chi connectivity index (χ1) is 40.0. The molecule has 0 aromatic carbocycles. The van der Waals surface area contributed by atoms with Crippen LogP contribution < -0.4 is 4.89 Å². The highest BCUT2D eigenvalue weighted by atomic mass is 31.2. The number of hydrogen-bond donors (Lipinski definition) is 0. The topological polar surface area (TPSA) is 111 Å². The largest absolute Gasteiger partial charge is 0.756 e. The van der Waals surface area contributed by atoms with Gasteiger partial charge < -0.3 is 27.9 Å². The molecule has 0 spiro atoms. The summed E-state index contributed by atoms with van der Waals surface area (Å²) in [5, 5.41) is 0. The van der Waals surface area contributed by atoms with Gasteiger partial charge in [0.25, 0.3) is 7.82 Å². The third-order valence-electron chi connectivity index (χ3n) is 14.9. The molecule has 0 bridgehead atoms. The lowest BCUT2D eigenvalue weighted by molar-refractivity contribution is -0.870. The monoisotopic (exact) mass is 1170 g/mol. The minimum atomic E-state index is -4.66. The van der Waals surface area contributed by atoms with Crippen LogP contribution in [0.15, 0.2) is 85.1 Å². The second-order valence-corrected chi connectivity index (χ2v) is 25.6. The summed E-state index contributed by atoms with van der Waals surface area (Å²) in [6.45, 7) is 4.06. The minimum Gasteiger partial charge on any atom is -0.756 e. The number of rotatable bonds is 63. The molecule has 9 nitrogen and oxygen atoms in total. The summed E-state index contributed by atoms with van der Waals surface area (Å²) in [5.74, 6) is -0.925. The Morgan fingerprint density at radius 1 is 0.390 bits per heavy atom. The number of unbranched alkanes of at least 4 members (excludes halogenated alkanes) is 35. The molecule has 0 fully saturated rings. The average molecular weight is 1170 g/mol. The molecule has 0 saturated heterocycles. The van der Waals surface area contributed by atoms with Crippen LogP contribution in [0, 0.1) is 0 Å². The van der Waals surface area contributed by atoms with E-state index >= 15 is 0 Å². The van der Waals surface area contributed by atoms with Crippen molar-refractivity contribution >= 4 is 19.8 Å². The summed E-state index contributed by atoms with van der Waals surface area (Å²) in [6.07, 6.45) is 85.7. The average Bonchev–Trinajstić information content (AvgIpc) is 3.46. The Balaban J connectivity index is 3.96. The molecule has 10 heteroatoms. The molecule has 0 aliphatic rings. The van der Waals surface area contributed by atoms with Gasteiger partial charge in [-0.2, -0.15) is 0 Å². The van der Waals surface area contributed by atoms with E-state index in [1.165, 1.54) is 218 Å². The van der Waals surface area contributed by atoms with Gasteiger partial charge in [-0.3, -0.25) is 14.2 Å². The van der Waals surface area contributed by atoms with Crippen LogP contribution in [0.5, 0.6) is 0 Å². The van der Waals surface area contributed by atoms with Crippen molar-refractivity contribution in [2.24, 2.45) is 0 Å². The second-order valence-electron chi connectivity index (χ2n) is 24.2. The Bertz CT molecular complexity index is 1660. The standard InChI is InChI=1S/C72H130NO8P/c1-6-8-10-12-14-16-18-20-22-24-26-27-28-29-30-31-32-33-34-35-36-37-38-39-40-41-42-43-44-45-47-48-50-52-54-56-58-60-62-64-71(74)78-68-70(69-80-82(76,77)79-67-66-73(3,4)5)81-72(75)65-63-61-59-57-55-53-51-49-46-25-23-21-19-17-15-13-11-9-7-2/h9,11,15,17,21,23-24,26,46,49,53,55,59,61,70H,6-8,10,12-14,16,18-20,22,25,27-45,47-48,50-52,54,56-58,60,62-69H2,1-5H3/b11-9-,17-15-,23-21-,26-24-,49-46-,55-53-,61-59-. The van der Waals surface area contributed by atoms with E-state index in [-0.39, 0.29) is 26.1 Å². The maximum absolute atomic E-state index is 12.8. The van der Waals surface area contributed by atoms with Gasteiger partial charge in [0.2, 0.25) is 0 Å². The van der Waals surface area contributed by atoms with Gasteiger partial charge in [0.05, 0.1) is 27.7 Å². The maximum Gasteiger partial charge on any atom is 0.306 e. The molecule has 2 unspecified atom stereocenters. The predicted molar refractivity (Wildman–Crippen MR) is 351 cm³/mol. The van der Waals surface area contributed by atoms with Gasteiger partial charge >= 0.3 is 11.9 Å². The summed E-state index contributed by atoms with van der Waals surface area (Å²) >= 11 is 0. The number of ether oxygens (including phenoxy) is 2. The Labute approximate surface area is 507 Å². The van der Waals surface area contributed by atoms with Crippen molar-refractivity contribution < 1.29 is 42.1 Å². The van der Waals surface area contributed by atoms with Gasteiger partial charge in [-0.15, -0.1) is 0 Å². The molecule has 0 aliphatic carbocycles. The predicted octanol–water partition coefficient (Wildman–Crippen LogP) is 21.5. The van der Waals surface area contributed by atoms with Crippen molar-refractivity contribution in [3.8, 4) is 0 Å².